The Kier molecular flexibility index (Phi) is 5.80. The molecule has 1 saturated heterocycles. The normalized spacial score (nSPS) is 19.9. The van der Waals surface area contributed by atoms with Gasteiger partial charge in [0.05, 0.1) is 12.3 Å². The van der Waals surface area contributed by atoms with Crippen LogP contribution in [-0.2, 0) is 16.1 Å². The second kappa shape index (κ2) is 8.25. The Labute approximate surface area is 152 Å². The number of aromatic nitrogens is 2. The summed E-state index contributed by atoms with van der Waals surface area (Å²) in [7, 11) is 1.63. The third-order valence-corrected chi connectivity index (χ3v) is 4.42. The van der Waals surface area contributed by atoms with Crippen LogP contribution >= 0.6 is 0 Å². The van der Waals surface area contributed by atoms with Crippen LogP contribution in [-0.4, -0.2) is 35.8 Å². The molecular weight excluding hydrogens is 334 g/mol. The third kappa shape index (κ3) is 4.56. The van der Waals surface area contributed by atoms with Crippen molar-refractivity contribution in [2.45, 2.75) is 38.6 Å². The fraction of sp³-hybridized carbons (Fsp3) is 0.421. The molecule has 0 amide bonds. The first-order valence-corrected chi connectivity index (χ1v) is 8.56. The van der Waals surface area contributed by atoms with Crippen molar-refractivity contribution in [3.63, 3.8) is 0 Å². The van der Waals surface area contributed by atoms with Gasteiger partial charge in [0, 0.05) is 31.1 Å². The molecule has 0 saturated carbocycles. The summed E-state index contributed by atoms with van der Waals surface area (Å²) in [6, 6.07) is 9.12. The number of hydrogen-bond acceptors (Lipinski definition) is 7. The lowest BCUT2D eigenvalue weighted by atomic mass is 9.95. The molecule has 0 aliphatic carbocycles. The van der Waals surface area contributed by atoms with Gasteiger partial charge >= 0.3 is 0 Å². The van der Waals surface area contributed by atoms with Crippen molar-refractivity contribution in [3.8, 4) is 5.88 Å². The quantitative estimate of drug-likeness (QED) is 0.794. The smallest absolute Gasteiger partial charge is 0.223 e. The molecule has 1 aliphatic rings. The maximum Gasteiger partial charge on any atom is 0.223 e. The Morgan fingerprint density at radius 2 is 2.08 bits per heavy atom. The molecule has 7 nitrogen and oxygen atoms in total. The summed E-state index contributed by atoms with van der Waals surface area (Å²) >= 11 is 0. The van der Waals surface area contributed by atoms with Crippen LogP contribution in [0.15, 0.2) is 30.3 Å². The number of methoxy groups -OCH3 is 1. The van der Waals surface area contributed by atoms with Crippen LogP contribution in [0.25, 0.3) is 0 Å². The van der Waals surface area contributed by atoms with Crippen LogP contribution in [0, 0.1) is 0 Å². The monoisotopic (exact) mass is 357 g/mol. The number of nitrogens with two attached hydrogens (primary N) is 1. The van der Waals surface area contributed by atoms with E-state index < -0.39 is 0 Å². The predicted molar refractivity (Wildman–Crippen MR) is 95.9 cm³/mol. The third-order valence-electron chi connectivity index (χ3n) is 4.42. The SMILES string of the molecule is COC1CC(c2cc(OCc3ccc(C(C)=O)cc3)nc(N)n2)CCO1. The minimum absolute atomic E-state index is 0.0384. The zero-order chi connectivity index (χ0) is 18.5. The Morgan fingerprint density at radius 3 is 2.77 bits per heavy atom. The van der Waals surface area contributed by atoms with E-state index in [2.05, 4.69) is 9.97 Å². The highest BCUT2D eigenvalue weighted by Crippen LogP contribution is 2.31. The first-order chi connectivity index (χ1) is 12.5. The van der Waals surface area contributed by atoms with E-state index in [0.717, 1.165) is 24.1 Å². The van der Waals surface area contributed by atoms with Crippen molar-refractivity contribution in [1.82, 2.24) is 9.97 Å². The number of ether oxygens (including phenoxy) is 3. The minimum Gasteiger partial charge on any atom is -0.473 e. The molecule has 1 fully saturated rings. The molecule has 1 aromatic carbocycles. The van der Waals surface area contributed by atoms with E-state index in [4.69, 9.17) is 19.9 Å². The van der Waals surface area contributed by atoms with Crippen molar-refractivity contribution in [2.24, 2.45) is 0 Å². The average Bonchev–Trinajstić information content (AvgIpc) is 2.66. The van der Waals surface area contributed by atoms with Crippen LogP contribution in [0.1, 0.15) is 47.3 Å². The van der Waals surface area contributed by atoms with Crippen molar-refractivity contribution in [3.05, 3.63) is 47.2 Å². The summed E-state index contributed by atoms with van der Waals surface area (Å²) < 4.78 is 16.6. The summed E-state index contributed by atoms with van der Waals surface area (Å²) in [5.74, 6) is 0.848. The summed E-state index contributed by atoms with van der Waals surface area (Å²) in [5.41, 5.74) is 8.31. The molecule has 0 spiro atoms. The zero-order valence-electron chi connectivity index (χ0n) is 15.0. The molecule has 2 N–H and O–H groups in total. The number of nitrogens with zero attached hydrogens (tertiary/aromatic N) is 2. The molecule has 2 unspecified atom stereocenters. The molecular formula is C19H23N3O4. The van der Waals surface area contributed by atoms with E-state index in [0.29, 0.717) is 24.7 Å². The topological polar surface area (TPSA) is 96.6 Å². The van der Waals surface area contributed by atoms with E-state index in [1.54, 1.807) is 26.2 Å². The minimum atomic E-state index is -0.228. The van der Waals surface area contributed by atoms with Gasteiger partial charge in [-0.15, -0.1) is 0 Å². The number of carbonyl (C=O) groups excluding carboxylic acids is 1. The lowest BCUT2D eigenvalue weighted by molar-refractivity contribution is -0.150. The van der Waals surface area contributed by atoms with Gasteiger partial charge in [0.15, 0.2) is 12.1 Å². The van der Waals surface area contributed by atoms with Crippen LogP contribution in [0.3, 0.4) is 0 Å². The van der Waals surface area contributed by atoms with Crippen LogP contribution < -0.4 is 10.5 Å². The highest BCUT2D eigenvalue weighted by molar-refractivity contribution is 5.93. The maximum atomic E-state index is 11.3. The fourth-order valence-corrected chi connectivity index (χ4v) is 2.93. The van der Waals surface area contributed by atoms with E-state index in [9.17, 15) is 4.79 Å². The summed E-state index contributed by atoms with van der Waals surface area (Å²) in [5, 5.41) is 0. The Morgan fingerprint density at radius 1 is 1.31 bits per heavy atom. The van der Waals surface area contributed by atoms with Crippen molar-refractivity contribution >= 4 is 11.7 Å². The van der Waals surface area contributed by atoms with Crippen LogP contribution in [0.5, 0.6) is 5.88 Å². The number of nitrogen functional groups attached to an aromatic ring is 1. The molecule has 138 valence electrons. The Bertz CT molecular complexity index is 764. The molecule has 2 heterocycles. The van der Waals surface area contributed by atoms with Gasteiger partial charge in [-0.25, -0.2) is 4.98 Å². The predicted octanol–water partition coefficient (Wildman–Crippen LogP) is 2.71. The maximum absolute atomic E-state index is 11.3. The average molecular weight is 357 g/mol. The number of carbonyl (C=O) groups is 1. The van der Waals surface area contributed by atoms with Crippen LogP contribution in [0.2, 0.25) is 0 Å². The van der Waals surface area contributed by atoms with Crippen molar-refractivity contribution in [1.29, 1.82) is 0 Å². The van der Waals surface area contributed by atoms with E-state index >= 15 is 0 Å². The van der Waals surface area contributed by atoms with Gasteiger partial charge in [-0.2, -0.15) is 4.98 Å². The molecule has 1 aliphatic heterocycles. The largest absolute Gasteiger partial charge is 0.473 e. The molecule has 2 atom stereocenters. The standard InChI is InChI=1S/C19H23N3O4/c1-12(23)14-5-3-13(4-6-14)11-26-17-10-16(21-19(20)22-17)15-7-8-25-18(9-15)24-2/h3-6,10,15,18H,7-9,11H2,1-2H3,(H2,20,21,22). The van der Waals surface area contributed by atoms with Gasteiger partial charge in [0.25, 0.3) is 0 Å². The highest BCUT2D eigenvalue weighted by atomic mass is 16.7. The molecule has 1 aromatic heterocycles. The summed E-state index contributed by atoms with van der Waals surface area (Å²) in [4.78, 5) is 19.8. The molecule has 7 heteroatoms. The summed E-state index contributed by atoms with van der Waals surface area (Å²) in [6.07, 6.45) is 1.34. The van der Waals surface area contributed by atoms with Gasteiger partial charge in [0.1, 0.15) is 6.61 Å². The highest BCUT2D eigenvalue weighted by Gasteiger charge is 2.25. The van der Waals surface area contributed by atoms with E-state index in [1.807, 2.05) is 18.2 Å². The van der Waals surface area contributed by atoms with Gasteiger partial charge in [-0.1, -0.05) is 24.3 Å². The first-order valence-electron chi connectivity index (χ1n) is 8.56. The second-order valence-corrected chi connectivity index (χ2v) is 6.29. The fourth-order valence-electron chi connectivity index (χ4n) is 2.93. The summed E-state index contributed by atoms with van der Waals surface area (Å²) in [6.45, 7) is 2.50. The van der Waals surface area contributed by atoms with Gasteiger partial charge in [-0.05, 0) is 18.9 Å². The number of anilines is 1. The van der Waals surface area contributed by atoms with E-state index in [1.165, 1.54) is 0 Å². The van der Waals surface area contributed by atoms with Crippen LogP contribution in [0.4, 0.5) is 5.95 Å². The van der Waals surface area contributed by atoms with Crippen molar-refractivity contribution in [2.75, 3.05) is 19.5 Å². The lowest BCUT2D eigenvalue weighted by Crippen LogP contribution is -2.26. The number of ketones is 1. The number of Topliss-reactive ketones (excluding diaryl/α,β-unsaturated/α-hetero) is 1. The number of rotatable bonds is 6. The first kappa shape index (κ1) is 18.3. The second-order valence-electron chi connectivity index (χ2n) is 6.29. The van der Waals surface area contributed by atoms with Gasteiger partial charge < -0.3 is 19.9 Å². The van der Waals surface area contributed by atoms with Gasteiger partial charge in [-0.3, -0.25) is 4.79 Å². The molecule has 26 heavy (non-hydrogen) atoms. The van der Waals surface area contributed by atoms with E-state index in [-0.39, 0.29) is 23.9 Å². The molecule has 0 radical (unpaired) electrons. The molecule has 2 aromatic rings. The number of benzene rings is 1. The zero-order valence-corrected chi connectivity index (χ0v) is 15.0. The Hall–Kier alpha value is -2.51. The molecule has 3 rings (SSSR count). The number of hydrogen-bond donors (Lipinski definition) is 1. The lowest BCUT2D eigenvalue weighted by Gasteiger charge is -2.28. The Balaban J connectivity index is 1.68. The van der Waals surface area contributed by atoms with Crippen molar-refractivity contribution < 1.29 is 19.0 Å². The molecule has 0 bridgehead atoms. The van der Waals surface area contributed by atoms with Gasteiger partial charge in [0.2, 0.25) is 11.8 Å².